The van der Waals surface area contributed by atoms with Gasteiger partial charge in [0, 0.05) is 4.47 Å². The number of hydrogen-bond acceptors (Lipinski definition) is 7. The molecule has 0 atom stereocenters. The van der Waals surface area contributed by atoms with Gasteiger partial charge in [0.05, 0.1) is 24.2 Å². The third kappa shape index (κ3) is 7.21. The third-order valence-electron chi connectivity index (χ3n) is 5.90. The molecule has 1 heterocycles. The second kappa shape index (κ2) is 12.9. The van der Waals surface area contributed by atoms with Crippen molar-refractivity contribution in [3.05, 3.63) is 86.7 Å². The Morgan fingerprint density at radius 2 is 1.74 bits per heavy atom. The van der Waals surface area contributed by atoms with E-state index in [0.29, 0.717) is 33.4 Å². The molecule has 0 bridgehead atoms. The molecule has 0 saturated carbocycles. The van der Waals surface area contributed by atoms with Crippen molar-refractivity contribution in [3.63, 3.8) is 0 Å². The van der Waals surface area contributed by atoms with Gasteiger partial charge in [-0.3, -0.25) is 19.3 Å². The van der Waals surface area contributed by atoms with Gasteiger partial charge in [-0.25, -0.2) is 0 Å². The molecule has 0 unspecified atom stereocenters. The van der Waals surface area contributed by atoms with Crippen LogP contribution in [0.3, 0.4) is 0 Å². The smallest absolute Gasteiger partial charge is 0.293 e. The van der Waals surface area contributed by atoms with Gasteiger partial charge >= 0.3 is 0 Å². The molecular formula is C29H27BrN2O6S. The molecule has 1 N–H and O–H groups in total. The van der Waals surface area contributed by atoms with Crippen LogP contribution in [0.4, 0.5) is 10.5 Å². The molecule has 0 spiro atoms. The summed E-state index contributed by atoms with van der Waals surface area (Å²) in [6.07, 6.45) is 1.62. The van der Waals surface area contributed by atoms with Crippen molar-refractivity contribution in [3.8, 4) is 17.2 Å². The number of hydrogen-bond donors (Lipinski definition) is 1. The summed E-state index contributed by atoms with van der Waals surface area (Å²) in [6.45, 7) is 4.09. The van der Waals surface area contributed by atoms with Gasteiger partial charge in [0.15, 0.2) is 18.1 Å². The fraction of sp³-hybridized carbons (Fsp3) is 0.207. The van der Waals surface area contributed by atoms with E-state index in [-0.39, 0.29) is 36.8 Å². The summed E-state index contributed by atoms with van der Waals surface area (Å²) < 4.78 is 17.5. The lowest BCUT2D eigenvalue weighted by Gasteiger charge is -2.13. The first-order chi connectivity index (χ1) is 18.7. The lowest BCUT2D eigenvalue weighted by Crippen LogP contribution is -2.32. The van der Waals surface area contributed by atoms with Crippen LogP contribution in [0.25, 0.3) is 6.08 Å². The van der Waals surface area contributed by atoms with E-state index in [1.54, 1.807) is 24.3 Å². The van der Waals surface area contributed by atoms with Crippen molar-refractivity contribution in [2.45, 2.75) is 13.8 Å². The monoisotopic (exact) mass is 610 g/mol. The van der Waals surface area contributed by atoms with E-state index in [1.807, 2.05) is 56.3 Å². The number of para-hydroxylation sites is 1. The number of carbonyl (C=O) groups excluding carboxylic acids is 3. The predicted octanol–water partition coefficient (Wildman–Crippen LogP) is 6.21. The summed E-state index contributed by atoms with van der Waals surface area (Å²) in [7, 11) is 1.48. The molecule has 1 saturated heterocycles. The first kappa shape index (κ1) is 28.3. The average molecular weight is 612 g/mol. The van der Waals surface area contributed by atoms with E-state index in [9.17, 15) is 14.4 Å². The number of ether oxygens (including phenoxy) is 3. The molecular weight excluding hydrogens is 584 g/mol. The molecule has 1 aliphatic rings. The second-order valence-electron chi connectivity index (χ2n) is 8.66. The van der Waals surface area contributed by atoms with Crippen LogP contribution in [0, 0.1) is 13.8 Å². The number of rotatable bonds is 10. The van der Waals surface area contributed by atoms with Crippen LogP contribution in [0.1, 0.15) is 16.7 Å². The van der Waals surface area contributed by atoms with Crippen LogP contribution in [0.5, 0.6) is 17.2 Å². The van der Waals surface area contributed by atoms with Crippen molar-refractivity contribution in [1.29, 1.82) is 0 Å². The van der Waals surface area contributed by atoms with Gasteiger partial charge in [-0.05, 0) is 101 Å². The highest BCUT2D eigenvalue weighted by molar-refractivity contribution is 9.10. The van der Waals surface area contributed by atoms with Crippen LogP contribution < -0.4 is 19.5 Å². The van der Waals surface area contributed by atoms with Crippen LogP contribution in [0.15, 0.2) is 70.0 Å². The summed E-state index contributed by atoms with van der Waals surface area (Å²) in [6, 6.07) is 18.1. The predicted molar refractivity (Wildman–Crippen MR) is 155 cm³/mol. The fourth-order valence-electron chi connectivity index (χ4n) is 3.72. The van der Waals surface area contributed by atoms with E-state index in [4.69, 9.17) is 14.2 Å². The number of nitrogens with one attached hydrogen (secondary N) is 1. The van der Waals surface area contributed by atoms with Gasteiger partial charge in [-0.2, -0.15) is 0 Å². The molecule has 4 rings (SSSR count). The number of imide groups is 1. The van der Waals surface area contributed by atoms with Gasteiger partial charge < -0.3 is 19.5 Å². The lowest BCUT2D eigenvalue weighted by atomic mass is 10.1. The Balaban J connectivity index is 1.36. The molecule has 10 heteroatoms. The number of benzene rings is 3. The minimum atomic E-state index is -0.380. The fourth-order valence-corrected chi connectivity index (χ4v) is 5.14. The van der Waals surface area contributed by atoms with Crippen molar-refractivity contribution in [2.75, 3.05) is 32.2 Å². The molecule has 202 valence electrons. The summed E-state index contributed by atoms with van der Waals surface area (Å²) >= 11 is 4.34. The highest BCUT2D eigenvalue weighted by atomic mass is 79.9. The number of amides is 3. The molecule has 0 aliphatic carbocycles. The van der Waals surface area contributed by atoms with Crippen LogP contribution in [-0.4, -0.2) is 48.8 Å². The van der Waals surface area contributed by atoms with Crippen LogP contribution >= 0.6 is 27.7 Å². The molecule has 0 radical (unpaired) electrons. The highest BCUT2D eigenvalue weighted by Crippen LogP contribution is 2.34. The average Bonchev–Trinajstić information content (AvgIpc) is 3.18. The van der Waals surface area contributed by atoms with E-state index >= 15 is 0 Å². The van der Waals surface area contributed by atoms with Gasteiger partial charge in [0.1, 0.15) is 12.4 Å². The molecule has 8 nitrogen and oxygen atoms in total. The second-order valence-corrected chi connectivity index (χ2v) is 10.5. The van der Waals surface area contributed by atoms with Crippen LogP contribution in [0.2, 0.25) is 0 Å². The Morgan fingerprint density at radius 3 is 2.49 bits per heavy atom. The Labute approximate surface area is 239 Å². The summed E-state index contributed by atoms with van der Waals surface area (Å²) in [5, 5.41) is 2.48. The molecule has 3 amide bonds. The Morgan fingerprint density at radius 1 is 1.00 bits per heavy atom. The number of methoxy groups -OCH3 is 1. The van der Waals surface area contributed by atoms with Gasteiger partial charge in [0.2, 0.25) is 0 Å². The summed E-state index contributed by atoms with van der Waals surface area (Å²) in [5.74, 6) is 0.727. The largest absolute Gasteiger partial charge is 0.493 e. The zero-order valence-electron chi connectivity index (χ0n) is 21.7. The van der Waals surface area contributed by atoms with E-state index in [0.717, 1.165) is 27.4 Å². The molecule has 3 aromatic rings. The maximum atomic E-state index is 12.8. The van der Waals surface area contributed by atoms with E-state index < -0.39 is 0 Å². The SMILES string of the molecule is COc1cc(/C=C2\SC(=O)N(CCOc3ccccc3)C2=O)ccc1OCC(=O)Nc1cc(C)c(C)cc1Br. The number of halogens is 1. The van der Waals surface area contributed by atoms with Crippen LogP contribution in [-0.2, 0) is 9.59 Å². The quantitative estimate of drug-likeness (QED) is 0.273. The zero-order valence-corrected chi connectivity index (χ0v) is 24.1. The van der Waals surface area contributed by atoms with Gasteiger partial charge in [-0.1, -0.05) is 24.3 Å². The summed E-state index contributed by atoms with van der Waals surface area (Å²) in [4.78, 5) is 39.2. The van der Waals surface area contributed by atoms with Gasteiger partial charge in [-0.15, -0.1) is 0 Å². The topological polar surface area (TPSA) is 94.2 Å². The number of aryl methyl sites for hydroxylation is 2. The number of anilines is 1. The first-order valence-corrected chi connectivity index (χ1v) is 13.7. The van der Waals surface area contributed by atoms with Crippen molar-refractivity contribution in [2.24, 2.45) is 0 Å². The molecule has 1 aliphatic heterocycles. The van der Waals surface area contributed by atoms with Crippen molar-refractivity contribution < 1.29 is 28.6 Å². The van der Waals surface area contributed by atoms with E-state index in [2.05, 4.69) is 21.2 Å². The maximum Gasteiger partial charge on any atom is 0.293 e. The van der Waals surface area contributed by atoms with Crippen molar-refractivity contribution in [1.82, 2.24) is 4.90 Å². The Kier molecular flexibility index (Phi) is 9.32. The zero-order chi connectivity index (χ0) is 27.9. The molecule has 3 aromatic carbocycles. The minimum Gasteiger partial charge on any atom is -0.493 e. The minimum absolute atomic E-state index is 0.147. The Hall–Kier alpha value is -3.76. The van der Waals surface area contributed by atoms with Crippen molar-refractivity contribution >= 4 is 56.5 Å². The normalized spacial score (nSPS) is 14.1. The number of nitrogens with zero attached hydrogens (tertiary/aromatic N) is 1. The third-order valence-corrected chi connectivity index (χ3v) is 7.47. The number of carbonyl (C=O) groups is 3. The lowest BCUT2D eigenvalue weighted by molar-refractivity contribution is -0.123. The molecule has 1 fully saturated rings. The standard InChI is InChI=1S/C29H27BrN2O6S/c1-18-13-22(30)23(14-19(18)2)31-27(33)17-38-24-10-9-20(15-25(24)36-3)16-26-28(34)32(29(35)39-26)11-12-37-21-7-5-4-6-8-21/h4-10,13-16H,11-12,17H2,1-3H3,(H,31,33)/b26-16-. The number of thioether (sulfide) groups is 1. The van der Waals surface area contributed by atoms with Gasteiger partial charge in [0.25, 0.3) is 17.1 Å². The molecule has 39 heavy (non-hydrogen) atoms. The Bertz CT molecular complexity index is 1430. The highest BCUT2D eigenvalue weighted by Gasteiger charge is 2.34. The van der Waals surface area contributed by atoms with E-state index in [1.165, 1.54) is 12.0 Å². The molecule has 0 aromatic heterocycles. The first-order valence-electron chi connectivity index (χ1n) is 12.1. The summed E-state index contributed by atoms with van der Waals surface area (Å²) in [5.41, 5.74) is 3.48. The maximum absolute atomic E-state index is 12.8.